The summed E-state index contributed by atoms with van der Waals surface area (Å²) < 4.78 is 18.2. The van der Waals surface area contributed by atoms with E-state index in [2.05, 4.69) is 5.32 Å². The third-order valence-electron chi connectivity index (χ3n) is 2.63. The molecule has 1 aromatic carbocycles. The van der Waals surface area contributed by atoms with E-state index in [1.165, 1.54) is 19.2 Å². The first-order valence-electron chi connectivity index (χ1n) is 5.65. The quantitative estimate of drug-likeness (QED) is 0.868. The van der Waals surface area contributed by atoms with Crippen molar-refractivity contribution in [2.75, 3.05) is 12.4 Å². The van der Waals surface area contributed by atoms with E-state index in [-0.39, 0.29) is 17.1 Å². The van der Waals surface area contributed by atoms with E-state index in [9.17, 15) is 9.18 Å². The third-order valence-corrected chi connectivity index (χ3v) is 2.63. The molecule has 0 radical (unpaired) electrons. The fourth-order valence-electron chi connectivity index (χ4n) is 1.36. The molecule has 0 saturated heterocycles. The second-order valence-electron chi connectivity index (χ2n) is 5.18. The standard InChI is InChI=1S/C13H19FN2O2/c1-13(2,3)11(15)12(17)16-8-5-6-10(18-4)9(14)7-8/h5-7,11H,15H2,1-4H3,(H,16,17). The van der Waals surface area contributed by atoms with Gasteiger partial charge in [0.15, 0.2) is 11.6 Å². The highest BCUT2D eigenvalue weighted by atomic mass is 19.1. The van der Waals surface area contributed by atoms with Gasteiger partial charge in [-0.05, 0) is 17.5 Å². The van der Waals surface area contributed by atoms with E-state index in [0.29, 0.717) is 5.69 Å². The number of ether oxygens (including phenoxy) is 1. The molecule has 0 aliphatic carbocycles. The first kappa shape index (κ1) is 14.4. The van der Waals surface area contributed by atoms with E-state index in [4.69, 9.17) is 10.5 Å². The number of benzene rings is 1. The first-order chi connectivity index (χ1) is 8.25. The fourth-order valence-corrected chi connectivity index (χ4v) is 1.36. The number of hydrogen-bond acceptors (Lipinski definition) is 3. The van der Waals surface area contributed by atoms with Crippen molar-refractivity contribution in [2.24, 2.45) is 11.1 Å². The monoisotopic (exact) mass is 254 g/mol. The summed E-state index contributed by atoms with van der Waals surface area (Å²) in [7, 11) is 1.38. The Balaban J connectivity index is 2.80. The third kappa shape index (κ3) is 3.43. The molecule has 1 atom stereocenters. The van der Waals surface area contributed by atoms with Crippen LogP contribution in [-0.4, -0.2) is 19.1 Å². The summed E-state index contributed by atoms with van der Waals surface area (Å²) in [5.41, 5.74) is 5.81. The van der Waals surface area contributed by atoms with Gasteiger partial charge in [-0.15, -0.1) is 0 Å². The van der Waals surface area contributed by atoms with E-state index in [0.717, 1.165) is 0 Å². The molecule has 0 aliphatic heterocycles. The molecule has 1 amide bonds. The zero-order chi connectivity index (χ0) is 13.9. The second-order valence-corrected chi connectivity index (χ2v) is 5.18. The number of nitrogens with one attached hydrogen (secondary N) is 1. The molecule has 0 heterocycles. The van der Waals surface area contributed by atoms with Gasteiger partial charge in [0.25, 0.3) is 0 Å². The summed E-state index contributed by atoms with van der Waals surface area (Å²) in [6, 6.07) is 3.55. The van der Waals surface area contributed by atoms with Crippen LogP contribution in [-0.2, 0) is 4.79 Å². The molecular formula is C13H19FN2O2. The van der Waals surface area contributed by atoms with Gasteiger partial charge in [0.1, 0.15) is 0 Å². The maximum Gasteiger partial charge on any atom is 0.241 e. The van der Waals surface area contributed by atoms with Crippen molar-refractivity contribution < 1.29 is 13.9 Å². The van der Waals surface area contributed by atoms with Gasteiger partial charge in [-0.2, -0.15) is 0 Å². The highest BCUT2D eigenvalue weighted by Gasteiger charge is 2.27. The van der Waals surface area contributed by atoms with Gasteiger partial charge in [-0.3, -0.25) is 4.79 Å². The number of rotatable bonds is 3. The summed E-state index contributed by atoms with van der Waals surface area (Å²) in [6.45, 7) is 5.60. The zero-order valence-corrected chi connectivity index (χ0v) is 11.1. The number of carbonyl (C=O) groups is 1. The number of carbonyl (C=O) groups excluding carboxylic acids is 1. The minimum atomic E-state index is -0.664. The Labute approximate surface area is 106 Å². The molecule has 5 heteroatoms. The van der Waals surface area contributed by atoms with Crippen LogP contribution >= 0.6 is 0 Å². The highest BCUT2D eigenvalue weighted by molar-refractivity contribution is 5.95. The van der Waals surface area contributed by atoms with Crippen LogP contribution in [0.15, 0.2) is 18.2 Å². The van der Waals surface area contributed by atoms with Crippen LogP contribution in [0, 0.1) is 11.2 Å². The number of hydrogen-bond donors (Lipinski definition) is 2. The molecule has 0 bridgehead atoms. The molecule has 1 aromatic rings. The van der Waals surface area contributed by atoms with Crippen LogP contribution in [0.1, 0.15) is 20.8 Å². The molecule has 4 nitrogen and oxygen atoms in total. The number of halogens is 1. The van der Waals surface area contributed by atoms with Gasteiger partial charge < -0.3 is 15.8 Å². The van der Waals surface area contributed by atoms with Crippen molar-refractivity contribution in [3.8, 4) is 5.75 Å². The lowest BCUT2D eigenvalue weighted by Crippen LogP contribution is -2.45. The van der Waals surface area contributed by atoms with Gasteiger partial charge in [-0.1, -0.05) is 20.8 Å². The van der Waals surface area contributed by atoms with Crippen molar-refractivity contribution in [2.45, 2.75) is 26.8 Å². The minimum absolute atomic E-state index is 0.133. The molecule has 0 spiro atoms. The van der Waals surface area contributed by atoms with Crippen LogP contribution in [0.4, 0.5) is 10.1 Å². The first-order valence-corrected chi connectivity index (χ1v) is 5.65. The SMILES string of the molecule is COc1ccc(NC(=O)C(N)C(C)(C)C)cc1F. The Morgan fingerprint density at radius 2 is 2.06 bits per heavy atom. The predicted octanol–water partition coefficient (Wildman–Crippen LogP) is 2.15. The highest BCUT2D eigenvalue weighted by Crippen LogP contribution is 2.22. The van der Waals surface area contributed by atoms with E-state index in [1.54, 1.807) is 6.07 Å². The van der Waals surface area contributed by atoms with Crippen LogP contribution in [0.3, 0.4) is 0 Å². The fraction of sp³-hybridized carbons (Fsp3) is 0.462. The smallest absolute Gasteiger partial charge is 0.241 e. The van der Waals surface area contributed by atoms with Gasteiger partial charge >= 0.3 is 0 Å². The molecule has 1 unspecified atom stereocenters. The van der Waals surface area contributed by atoms with Crippen LogP contribution < -0.4 is 15.8 Å². The lowest BCUT2D eigenvalue weighted by atomic mass is 9.87. The lowest BCUT2D eigenvalue weighted by Gasteiger charge is -2.25. The normalized spacial score (nSPS) is 13.0. The minimum Gasteiger partial charge on any atom is -0.494 e. The summed E-state index contributed by atoms with van der Waals surface area (Å²) in [6.07, 6.45) is 0. The van der Waals surface area contributed by atoms with Gasteiger partial charge in [0.05, 0.1) is 13.2 Å². The van der Waals surface area contributed by atoms with Crippen molar-refractivity contribution in [3.63, 3.8) is 0 Å². The summed E-state index contributed by atoms with van der Waals surface area (Å²) in [4.78, 5) is 11.8. The Hall–Kier alpha value is -1.62. The van der Waals surface area contributed by atoms with Crippen molar-refractivity contribution in [3.05, 3.63) is 24.0 Å². The van der Waals surface area contributed by atoms with Gasteiger partial charge in [0.2, 0.25) is 5.91 Å². The Morgan fingerprint density at radius 1 is 1.44 bits per heavy atom. The number of methoxy groups -OCH3 is 1. The Morgan fingerprint density at radius 3 is 2.50 bits per heavy atom. The molecule has 0 saturated carbocycles. The molecule has 18 heavy (non-hydrogen) atoms. The van der Waals surface area contributed by atoms with Crippen LogP contribution in [0.5, 0.6) is 5.75 Å². The Kier molecular flexibility index (Phi) is 4.29. The van der Waals surface area contributed by atoms with E-state index < -0.39 is 11.9 Å². The number of amides is 1. The van der Waals surface area contributed by atoms with E-state index in [1.807, 2.05) is 20.8 Å². The van der Waals surface area contributed by atoms with Crippen molar-refractivity contribution >= 4 is 11.6 Å². The predicted molar refractivity (Wildman–Crippen MR) is 69.0 cm³/mol. The molecule has 1 rings (SSSR count). The molecule has 0 aliphatic rings. The average molecular weight is 254 g/mol. The van der Waals surface area contributed by atoms with Crippen LogP contribution in [0.2, 0.25) is 0 Å². The summed E-state index contributed by atoms with van der Waals surface area (Å²) in [5, 5.41) is 2.58. The second kappa shape index (κ2) is 5.35. The maximum atomic E-state index is 13.4. The van der Waals surface area contributed by atoms with Crippen molar-refractivity contribution in [1.29, 1.82) is 0 Å². The Bertz CT molecular complexity index is 441. The largest absolute Gasteiger partial charge is 0.494 e. The molecule has 0 aromatic heterocycles. The topological polar surface area (TPSA) is 64.3 Å². The number of nitrogens with two attached hydrogens (primary N) is 1. The maximum absolute atomic E-state index is 13.4. The van der Waals surface area contributed by atoms with Crippen molar-refractivity contribution in [1.82, 2.24) is 0 Å². The average Bonchev–Trinajstić information content (AvgIpc) is 2.27. The zero-order valence-electron chi connectivity index (χ0n) is 11.1. The summed E-state index contributed by atoms with van der Waals surface area (Å²) in [5.74, 6) is -0.736. The number of anilines is 1. The molecule has 0 fully saturated rings. The van der Waals surface area contributed by atoms with Gasteiger partial charge in [0, 0.05) is 11.8 Å². The molecule has 100 valence electrons. The van der Waals surface area contributed by atoms with Crippen LogP contribution in [0.25, 0.3) is 0 Å². The molecular weight excluding hydrogens is 235 g/mol. The molecule has 3 N–H and O–H groups in total. The summed E-state index contributed by atoms with van der Waals surface area (Å²) >= 11 is 0. The van der Waals surface area contributed by atoms with E-state index >= 15 is 0 Å². The lowest BCUT2D eigenvalue weighted by molar-refractivity contribution is -0.119. The van der Waals surface area contributed by atoms with Gasteiger partial charge in [-0.25, -0.2) is 4.39 Å².